The number of esters is 1. The molecule has 39 heavy (non-hydrogen) atoms. The van der Waals surface area contributed by atoms with Crippen LogP contribution >= 0.6 is 0 Å². The van der Waals surface area contributed by atoms with E-state index in [2.05, 4.69) is 15.1 Å². The van der Waals surface area contributed by atoms with Crippen LogP contribution in [0.2, 0.25) is 0 Å². The molecule has 0 saturated carbocycles. The molecule has 0 amide bonds. The SMILES string of the molecule is COc1ccccc1OCCNCC(COc1cccc2[nH]c3ccccc3c12)OC(=O)CCCON(O)O. The summed E-state index contributed by atoms with van der Waals surface area (Å²) in [7, 11) is 1.59. The van der Waals surface area contributed by atoms with E-state index in [1.54, 1.807) is 7.11 Å². The van der Waals surface area contributed by atoms with Gasteiger partial charge in [0.1, 0.15) is 25.1 Å². The molecule has 4 N–H and O–H groups in total. The first-order valence-electron chi connectivity index (χ1n) is 12.6. The van der Waals surface area contributed by atoms with E-state index in [9.17, 15) is 4.79 Å². The molecule has 0 fully saturated rings. The van der Waals surface area contributed by atoms with Crippen LogP contribution < -0.4 is 19.5 Å². The number of aromatic nitrogens is 1. The number of rotatable bonds is 16. The number of nitrogens with zero attached hydrogens (tertiary/aromatic N) is 1. The Kier molecular flexibility index (Phi) is 10.3. The van der Waals surface area contributed by atoms with Crippen molar-refractivity contribution in [3.63, 3.8) is 0 Å². The van der Waals surface area contributed by atoms with Crippen molar-refractivity contribution in [1.82, 2.24) is 15.7 Å². The van der Waals surface area contributed by atoms with Gasteiger partial charge >= 0.3 is 5.97 Å². The summed E-state index contributed by atoms with van der Waals surface area (Å²) in [6.45, 7) is 1.29. The van der Waals surface area contributed by atoms with Crippen LogP contribution in [0.5, 0.6) is 17.2 Å². The first-order valence-corrected chi connectivity index (χ1v) is 12.6. The van der Waals surface area contributed by atoms with E-state index in [1.165, 1.54) is 0 Å². The molecule has 0 saturated heterocycles. The Balaban J connectivity index is 1.35. The monoisotopic (exact) mass is 539 g/mol. The lowest BCUT2D eigenvalue weighted by Gasteiger charge is -2.20. The van der Waals surface area contributed by atoms with Gasteiger partial charge in [0.15, 0.2) is 11.5 Å². The highest BCUT2D eigenvalue weighted by Crippen LogP contribution is 2.33. The van der Waals surface area contributed by atoms with E-state index >= 15 is 0 Å². The van der Waals surface area contributed by atoms with Crippen molar-refractivity contribution in [1.29, 1.82) is 0 Å². The lowest BCUT2D eigenvalue weighted by atomic mass is 10.1. The van der Waals surface area contributed by atoms with E-state index in [0.717, 1.165) is 21.8 Å². The molecule has 208 valence electrons. The minimum absolute atomic E-state index is 0.0410. The molecule has 0 bridgehead atoms. The predicted molar refractivity (Wildman–Crippen MR) is 143 cm³/mol. The Morgan fingerprint density at radius 2 is 1.67 bits per heavy atom. The van der Waals surface area contributed by atoms with Gasteiger partial charge in [-0.3, -0.25) is 20.0 Å². The van der Waals surface area contributed by atoms with Crippen molar-refractivity contribution >= 4 is 27.8 Å². The third-order valence-corrected chi connectivity index (χ3v) is 5.92. The second kappa shape index (κ2) is 14.3. The molecule has 0 radical (unpaired) electrons. The van der Waals surface area contributed by atoms with Crippen LogP contribution in [0, 0.1) is 0 Å². The molecule has 1 heterocycles. The summed E-state index contributed by atoms with van der Waals surface area (Å²) in [5.74, 6) is 1.53. The first kappa shape index (κ1) is 28.1. The lowest BCUT2D eigenvalue weighted by Crippen LogP contribution is -2.37. The van der Waals surface area contributed by atoms with Crippen LogP contribution in [0.4, 0.5) is 0 Å². The van der Waals surface area contributed by atoms with Gasteiger partial charge < -0.3 is 29.2 Å². The summed E-state index contributed by atoms with van der Waals surface area (Å²) >= 11 is 0. The van der Waals surface area contributed by atoms with Crippen LogP contribution in [0.3, 0.4) is 0 Å². The van der Waals surface area contributed by atoms with E-state index in [0.29, 0.717) is 36.9 Å². The minimum atomic E-state index is -0.586. The van der Waals surface area contributed by atoms with Crippen LogP contribution in [-0.4, -0.2) is 72.9 Å². The number of aromatic amines is 1. The number of benzene rings is 3. The van der Waals surface area contributed by atoms with E-state index in [-0.39, 0.29) is 31.4 Å². The van der Waals surface area contributed by atoms with Gasteiger partial charge in [0, 0.05) is 35.8 Å². The molecule has 1 atom stereocenters. The second-order valence-corrected chi connectivity index (χ2v) is 8.67. The normalized spacial score (nSPS) is 12.1. The van der Waals surface area contributed by atoms with Crippen molar-refractivity contribution in [3.05, 3.63) is 66.7 Å². The van der Waals surface area contributed by atoms with Gasteiger partial charge in [-0.15, -0.1) is 0 Å². The van der Waals surface area contributed by atoms with Crippen LogP contribution in [0.1, 0.15) is 12.8 Å². The number of hydrogen-bond acceptors (Lipinski definition) is 10. The van der Waals surface area contributed by atoms with Crippen molar-refractivity contribution in [2.45, 2.75) is 18.9 Å². The number of carbonyl (C=O) groups excluding carboxylic acids is 1. The molecule has 0 aliphatic carbocycles. The number of carbonyl (C=O) groups is 1. The zero-order valence-electron chi connectivity index (χ0n) is 21.7. The number of fused-ring (bicyclic) bond motifs is 3. The van der Waals surface area contributed by atoms with Crippen molar-refractivity contribution in [2.24, 2.45) is 0 Å². The summed E-state index contributed by atoms with van der Waals surface area (Å²) in [6.07, 6.45) is -0.296. The molecule has 4 aromatic rings. The number of para-hydroxylation sites is 3. The van der Waals surface area contributed by atoms with Gasteiger partial charge in [0.2, 0.25) is 0 Å². The molecule has 11 nitrogen and oxygen atoms in total. The van der Waals surface area contributed by atoms with Crippen molar-refractivity contribution < 1.29 is 39.0 Å². The Hall–Kier alpha value is -3.87. The topological polar surface area (TPSA) is 135 Å². The van der Waals surface area contributed by atoms with Gasteiger partial charge in [-0.25, -0.2) is 0 Å². The van der Waals surface area contributed by atoms with Gasteiger partial charge in [-0.05, 0) is 36.8 Å². The fourth-order valence-electron chi connectivity index (χ4n) is 4.15. The number of ether oxygens (including phenoxy) is 4. The number of methoxy groups -OCH3 is 1. The first-order chi connectivity index (χ1) is 19.0. The maximum Gasteiger partial charge on any atom is 0.306 e. The fraction of sp³-hybridized carbons (Fsp3) is 0.321. The molecule has 3 aromatic carbocycles. The van der Waals surface area contributed by atoms with E-state index in [4.69, 9.17) is 29.4 Å². The number of H-pyrrole nitrogens is 1. The maximum absolute atomic E-state index is 12.5. The zero-order valence-corrected chi connectivity index (χ0v) is 21.7. The largest absolute Gasteiger partial charge is 0.493 e. The highest BCUT2D eigenvalue weighted by atomic mass is 17.1. The van der Waals surface area contributed by atoms with Gasteiger partial charge in [-0.1, -0.05) is 36.4 Å². The standard InChI is InChI=1S/C28H33N3O8/c1-35-24-11-4-5-12-25(24)36-17-15-29-18-20(39-27(32)14-7-16-38-31(33)34)19-37-26-13-6-10-23-28(26)21-8-2-3-9-22(21)30-23/h2-6,8-13,20,29-30,33-34H,7,14-19H2,1H3. The molecular weight excluding hydrogens is 506 g/mol. The molecular formula is C28H33N3O8. The Morgan fingerprint density at radius 1 is 0.923 bits per heavy atom. The summed E-state index contributed by atoms with van der Waals surface area (Å²) in [6, 6.07) is 21.2. The maximum atomic E-state index is 12.5. The van der Waals surface area contributed by atoms with Crippen molar-refractivity contribution in [2.75, 3.05) is 40.0 Å². The molecule has 11 heteroatoms. The van der Waals surface area contributed by atoms with E-state index < -0.39 is 12.1 Å². The summed E-state index contributed by atoms with van der Waals surface area (Å²) in [5.41, 5.74) is 1.96. The highest BCUT2D eigenvalue weighted by molar-refractivity contribution is 6.10. The molecule has 1 aromatic heterocycles. The zero-order chi connectivity index (χ0) is 27.5. The van der Waals surface area contributed by atoms with Gasteiger partial charge in [-0.2, -0.15) is 0 Å². The Morgan fingerprint density at radius 3 is 2.49 bits per heavy atom. The summed E-state index contributed by atoms with van der Waals surface area (Å²) in [5, 5.41) is 22.1. The smallest absolute Gasteiger partial charge is 0.306 e. The predicted octanol–water partition coefficient (Wildman–Crippen LogP) is 4.08. The Bertz CT molecular complexity index is 1340. The summed E-state index contributed by atoms with van der Waals surface area (Å²) in [4.78, 5) is 20.3. The molecule has 0 aliphatic rings. The highest BCUT2D eigenvalue weighted by Gasteiger charge is 2.17. The number of hydrogen-bond donors (Lipinski definition) is 4. The van der Waals surface area contributed by atoms with Crippen LogP contribution in [0.15, 0.2) is 66.7 Å². The third-order valence-electron chi connectivity index (χ3n) is 5.92. The average Bonchev–Trinajstić information content (AvgIpc) is 3.33. The minimum Gasteiger partial charge on any atom is -0.493 e. The van der Waals surface area contributed by atoms with Crippen LogP contribution in [0.25, 0.3) is 21.8 Å². The Labute approximate surface area is 225 Å². The summed E-state index contributed by atoms with van der Waals surface area (Å²) < 4.78 is 23.0. The number of nitrogens with one attached hydrogen (secondary N) is 2. The van der Waals surface area contributed by atoms with Gasteiger partial charge in [0.25, 0.3) is 0 Å². The second-order valence-electron chi connectivity index (χ2n) is 8.67. The van der Waals surface area contributed by atoms with Gasteiger partial charge in [0.05, 0.1) is 24.6 Å². The molecule has 4 rings (SSSR count). The molecule has 1 unspecified atom stereocenters. The molecule has 0 spiro atoms. The fourth-order valence-corrected chi connectivity index (χ4v) is 4.15. The average molecular weight is 540 g/mol. The lowest BCUT2D eigenvalue weighted by molar-refractivity contribution is -0.492. The van der Waals surface area contributed by atoms with Crippen LogP contribution in [-0.2, 0) is 14.4 Å². The van der Waals surface area contributed by atoms with Crippen molar-refractivity contribution in [3.8, 4) is 17.2 Å². The van der Waals surface area contributed by atoms with E-state index in [1.807, 2.05) is 66.7 Å². The third kappa shape index (κ3) is 8.06. The molecule has 0 aliphatic heterocycles. The quantitative estimate of drug-likeness (QED) is 0.0937.